The lowest BCUT2D eigenvalue weighted by Crippen LogP contribution is -2.50. The summed E-state index contributed by atoms with van der Waals surface area (Å²) in [5.41, 5.74) is 3.93. The summed E-state index contributed by atoms with van der Waals surface area (Å²) in [5.74, 6) is 2.98. The lowest BCUT2D eigenvalue weighted by atomic mass is 9.84. The number of rotatable bonds is 5. The molecule has 1 aliphatic carbocycles. The van der Waals surface area contributed by atoms with Crippen LogP contribution in [0.25, 0.3) is 0 Å². The number of hydrogen-bond donors (Lipinski definition) is 3. The van der Waals surface area contributed by atoms with Crippen LogP contribution < -0.4 is 5.73 Å². The smallest absolute Gasteiger partial charge is 0.150 e. The molecule has 0 unspecified atom stereocenters. The predicted octanol–water partition coefficient (Wildman–Crippen LogP) is 1.38. The van der Waals surface area contributed by atoms with E-state index in [-0.39, 0.29) is 6.42 Å². The second-order valence-electron chi connectivity index (χ2n) is 4.97. The Bertz CT molecular complexity index is 239. The van der Waals surface area contributed by atoms with Gasteiger partial charge in [0.15, 0.2) is 5.72 Å². The molecule has 0 spiro atoms. The molecule has 3 heteroatoms. The molecule has 0 aromatic heterocycles. The van der Waals surface area contributed by atoms with Crippen LogP contribution in [0.1, 0.15) is 51.4 Å². The van der Waals surface area contributed by atoms with E-state index >= 15 is 0 Å². The highest BCUT2D eigenvalue weighted by molar-refractivity contribution is 4.95. The first-order chi connectivity index (χ1) is 7.56. The Labute approximate surface area is 98.0 Å². The van der Waals surface area contributed by atoms with E-state index in [2.05, 4.69) is 5.92 Å². The summed E-state index contributed by atoms with van der Waals surface area (Å²) in [5, 5.41) is 19.5. The highest BCUT2D eigenvalue weighted by Crippen LogP contribution is 2.28. The maximum absolute atomic E-state index is 9.77. The summed E-state index contributed by atoms with van der Waals surface area (Å²) in [6.45, 7) is 0. The van der Waals surface area contributed by atoms with E-state index in [0.29, 0.717) is 12.3 Å². The van der Waals surface area contributed by atoms with Crippen molar-refractivity contribution >= 4 is 0 Å². The molecule has 16 heavy (non-hydrogen) atoms. The first kappa shape index (κ1) is 13.5. The van der Waals surface area contributed by atoms with Gasteiger partial charge in [0.1, 0.15) is 0 Å². The molecule has 0 saturated heterocycles. The van der Waals surface area contributed by atoms with Gasteiger partial charge < -0.3 is 15.9 Å². The Morgan fingerprint density at radius 3 is 2.56 bits per heavy atom. The molecular formula is C13H23NO2. The van der Waals surface area contributed by atoms with Gasteiger partial charge in [-0.2, -0.15) is 0 Å². The molecule has 4 N–H and O–H groups in total. The Morgan fingerprint density at radius 1 is 1.38 bits per heavy atom. The van der Waals surface area contributed by atoms with Crippen molar-refractivity contribution in [2.75, 3.05) is 0 Å². The lowest BCUT2D eigenvalue weighted by Gasteiger charge is -2.29. The fraction of sp³-hybridized carbons (Fsp3) is 0.846. The van der Waals surface area contributed by atoms with Crippen LogP contribution in [-0.2, 0) is 0 Å². The van der Waals surface area contributed by atoms with E-state index in [1.54, 1.807) is 0 Å². The Hall–Kier alpha value is -0.560. The van der Waals surface area contributed by atoms with Crippen molar-refractivity contribution in [1.29, 1.82) is 0 Å². The van der Waals surface area contributed by atoms with Crippen LogP contribution in [0.5, 0.6) is 0 Å². The highest BCUT2D eigenvalue weighted by atomic mass is 16.4. The molecule has 0 aliphatic heterocycles. The highest BCUT2D eigenvalue weighted by Gasteiger charge is 2.30. The van der Waals surface area contributed by atoms with Gasteiger partial charge in [0.25, 0.3) is 0 Å². The van der Waals surface area contributed by atoms with Crippen LogP contribution in [0.3, 0.4) is 0 Å². The second-order valence-corrected chi connectivity index (χ2v) is 4.97. The van der Waals surface area contributed by atoms with Gasteiger partial charge in [-0.25, -0.2) is 0 Å². The summed E-state index contributed by atoms with van der Waals surface area (Å²) >= 11 is 0. The second kappa shape index (κ2) is 6.24. The van der Waals surface area contributed by atoms with Gasteiger partial charge in [-0.3, -0.25) is 0 Å². The average molecular weight is 225 g/mol. The van der Waals surface area contributed by atoms with Crippen molar-refractivity contribution in [3.8, 4) is 12.3 Å². The standard InChI is InChI=1S/C13H23NO2/c1-2-10-13(14,16)12(15)9-8-11-6-4-3-5-7-11/h1,11-12,15-16H,3-10,14H2/t12-,13+/m1/s1. The summed E-state index contributed by atoms with van der Waals surface area (Å²) in [7, 11) is 0. The molecule has 1 saturated carbocycles. The molecule has 1 rings (SSSR count). The molecule has 92 valence electrons. The zero-order valence-corrected chi connectivity index (χ0v) is 9.86. The van der Waals surface area contributed by atoms with Crippen molar-refractivity contribution in [3.63, 3.8) is 0 Å². The topological polar surface area (TPSA) is 66.5 Å². The minimum atomic E-state index is -1.62. The van der Waals surface area contributed by atoms with Crippen LogP contribution in [-0.4, -0.2) is 22.0 Å². The molecule has 3 nitrogen and oxygen atoms in total. The van der Waals surface area contributed by atoms with Gasteiger partial charge in [0.05, 0.1) is 12.5 Å². The Morgan fingerprint density at radius 2 is 2.00 bits per heavy atom. The number of aliphatic hydroxyl groups excluding tert-OH is 1. The first-order valence-corrected chi connectivity index (χ1v) is 6.19. The minimum absolute atomic E-state index is 0.00116. The van der Waals surface area contributed by atoms with E-state index < -0.39 is 11.8 Å². The van der Waals surface area contributed by atoms with Gasteiger partial charge in [0, 0.05) is 0 Å². The monoisotopic (exact) mass is 225 g/mol. The SMILES string of the molecule is C#CC[C@](N)(O)[C@H](O)CCC1CCCCC1. The Balaban J connectivity index is 2.28. The third-order valence-electron chi connectivity index (χ3n) is 3.54. The minimum Gasteiger partial charge on any atom is -0.389 e. The van der Waals surface area contributed by atoms with E-state index in [4.69, 9.17) is 12.2 Å². The number of terminal acetylenes is 1. The third-order valence-corrected chi connectivity index (χ3v) is 3.54. The van der Waals surface area contributed by atoms with Crippen molar-refractivity contribution in [2.24, 2.45) is 11.7 Å². The van der Waals surface area contributed by atoms with E-state index in [1.165, 1.54) is 32.1 Å². The maximum atomic E-state index is 9.77. The first-order valence-electron chi connectivity index (χ1n) is 6.19. The molecule has 0 aromatic rings. The van der Waals surface area contributed by atoms with Crippen LogP contribution in [0.15, 0.2) is 0 Å². The number of nitrogens with two attached hydrogens (primary N) is 1. The third kappa shape index (κ3) is 4.13. The molecule has 0 amide bonds. The molecule has 0 heterocycles. The van der Waals surface area contributed by atoms with E-state index in [1.807, 2.05) is 0 Å². The van der Waals surface area contributed by atoms with Gasteiger partial charge in [-0.1, -0.05) is 32.1 Å². The zero-order chi connectivity index (χ0) is 12.0. The van der Waals surface area contributed by atoms with Crippen molar-refractivity contribution in [3.05, 3.63) is 0 Å². The zero-order valence-electron chi connectivity index (χ0n) is 9.86. The summed E-state index contributed by atoms with van der Waals surface area (Å²) in [6.07, 6.45) is 12.0. The van der Waals surface area contributed by atoms with Crippen LogP contribution in [0.4, 0.5) is 0 Å². The van der Waals surface area contributed by atoms with Gasteiger partial charge in [-0.15, -0.1) is 12.3 Å². The molecule has 1 aliphatic rings. The predicted molar refractivity (Wildman–Crippen MR) is 64.4 cm³/mol. The normalized spacial score (nSPS) is 23.4. The maximum Gasteiger partial charge on any atom is 0.150 e. The lowest BCUT2D eigenvalue weighted by molar-refractivity contribution is -0.0727. The van der Waals surface area contributed by atoms with Crippen LogP contribution in [0.2, 0.25) is 0 Å². The molecule has 0 aromatic carbocycles. The van der Waals surface area contributed by atoms with E-state index in [0.717, 1.165) is 6.42 Å². The van der Waals surface area contributed by atoms with Crippen molar-refractivity contribution in [2.45, 2.75) is 63.2 Å². The van der Waals surface area contributed by atoms with Crippen LogP contribution in [0, 0.1) is 18.3 Å². The molecular weight excluding hydrogens is 202 g/mol. The fourth-order valence-electron chi connectivity index (χ4n) is 2.40. The quantitative estimate of drug-likeness (QED) is 0.489. The summed E-state index contributed by atoms with van der Waals surface area (Å²) in [6, 6.07) is 0. The molecule has 0 radical (unpaired) electrons. The van der Waals surface area contributed by atoms with Crippen LogP contribution >= 0.6 is 0 Å². The van der Waals surface area contributed by atoms with E-state index in [9.17, 15) is 10.2 Å². The molecule has 1 fully saturated rings. The van der Waals surface area contributed by atoms with Gasteiger partial charge in [0.2, 0.25) is 0 Å². The number of hydrogen-bond acceptors (Lipinski definition) is 3. The van der Waals surface area contributed by atoms with Crippen molar-refractivity contribution in [1.82, 2.24) is 0 Å². The average Bonchev–Trinajstić information content (AvgIpc) is 2.27. The van der Waals surface area contributed by atoms with Gasteiger partial charge >= 0.3 is 0 Å². The summed E-state index contributed by atoms with van der Waals surface area (Å²) < 4.78 is 0. The molecule has 0 bridgehead atoms. The Kier molecular flexibility index (Phi) is 5.27. The number of aliphatic hydroxyl groups is 2. The van der Waals surface area contributed by atoms with Crippen molar-refractivity contribution < 1.29 is 10.2 Å². The fourth-order valence-corrected chi connectivity index (χ4v) is 2.40. The molecule has 2 atom stereocenters. The summed E-state index contributed by atoms with van der Waals surface area (Å²) in [4.78, 5) is 0. The largest absolute Gasteiger partial charge is 0.389 e. The van der Waals surface area contributed by atoms with Gasteiger partial charge in [-0.05, 0) is 18.8 Å².